The minimum absolute atomic E-state index is 0.0206. The molecule has 0 aliphatic carbocycles. The smallest absolute Gasteiger partial charge is 0.254 e. The Morgan fingerprint density at radius 2 is 1.76 bits per heavy atom. The van der Waals surface area contributed by atoms with E-state index in [0.29, 0.717) is 37.4 Å². The van der Waals surface area contributed by atoms with Crippen molar-refractivity contribution in [1.29, 1.82) is 0 Å². The zero-order valence-corrected chi connectivity index (χ0v) is 17.5. The summed E-state index contributed by atoms with van der Waals surface area (Å²) in [6, 6.07) is 6.94. The number of benzene rings is 1. The quantitative estimate of drug-likeness (QED) is 0.794. The average Bonchev–Trinajstić information content (AvgIpc) is 3.06. The number of likely N-dealkylation sites (tertiary alicyclic amines) is 1. The molecule has 0 saturated carbocycles. The first-order valence-electron chi connectivity index (χ1n) is 10.5. The molecule has 2 aliphatic heterocycles. The molecular weight excluding hydrogens is 370 g/mol. The average molecular weight is 402 g/mol. The summed E-state index contributed by atoms with van der Waals surface area (Å²) in [5.74, 6) is -0.449. The highest BCUT2D eigenvalue weighted by atomic mass is 16.5. The zero-order valence-electron chi connectivity index (χ0n) is 17.5. The van der Waals surface area contributed by atoms with Crippen LogP contribution in [0.1, 0.15) is 50.4 Å². The number of hydrogen-bond acceptors (Lipinski definition) is 4. The Morgan fingerprint density at radius 3 is 2.38 bits per heavy atom. The van der Waals surface area contributed by atoms with Crippen molar-refractivity contribution < 1.29 is 19.1 Å². The van der Waals surface area contributed by atoms with Crippen LogP contribution in [0.25, 0.3) is 0 Å². The van der Waals surface area contributed by atoms with Gasteiger partial charge in [-0.25, -0.2) is 0 Å². The van der Waals surface area contributed by atoms with E-state index in [1.54, 1.807) is 34.1 Å². The van der Waals surface area contributed by atoms with Gasteiger partial charge in [0.1, 0.15) is 0 Å². The van der Waals surface area contributed by atoms with Gasteiger partial charge < -0.3 is 19.9 Å². The fraction of sp³-hybridized carbons (Fsp3) is 0.591. The standard InChI is InChI=1S/C22H31N3O4/c1-4-5-10-24-14-18(11-20(24)26)21(27)23-19-8-6-17(7-9-19)22(28)25-12-15(2)29-16(3)13-25/h6-9,15-16,18H,4-5,10-14H2,1-3H3,(H,23,27)/t15-,16-,18+/m0/s1. The van der Waals surface area contributed by atoms with Crippen LogP contribution in [0.3, 0.4) is 0 Å². The molecule has 0 bridgehead atoms. The molecule has 0 radical (unpaired) electrons. The van der Waals surface area contributed by atoms with Crippen molar-refractivity contribution in [2.24, 2.45) is 5.92 Å². The number of rotatable bonds is 6. The Kier molecular flexibility index (Phi) is 6.90. The van der Waals surface area contributed by atoms with Gasteiger partial charge in [0.25, 0.3) is 5.91 Å². The van der Waals surface area contributed by atoms with E-state index in [1.807, 2.05) is 13.8 Å². The van der Waals surface area contributed by atoms with Gasteiger partial charge >= 0.3 is 0 Å². The van der Waals surface area contributed by atoms with Gasteiger partial charge in [-0.05, 0) is 44.5 Å². The van der Waals surface area contributed by atoms with Crippen LogP contribution in [0.4, 0.5) is 5.69 Å². The summed E-state index contributed by atoms with van der Waals surface area (Å²) in [5, 5.41) is 2.88. The van der Waals surface area contributed by atoms with Crippen LogP contribution in [0.15, 0.2) is 24.3 Å². The van der Waals surface area contributed by atoms with Gasteiger partial charge in [-0.15, -0.1) is 0 Å². The number of morpholine rings is 1. The molecule has 7 heteroatoms. The molecule has 2 fully saturated rings. The lowest BCUT2D eigenvalue weighted by Crippen LogP contribution is -2.48. The van der Waals surface area contributed by atoms with E-state index in [2.05, 4.69) is 12.2 Å². The number of amides is 3. The Bertz CT molecular complexity index is 739. The first kappa shape index (κ1) is 21.3. The van der Waals surface area contributed by atoms with Gasteiger partial charge in [0.05, 0.1) is 18.1 Å². The van der Waals surface area contributed by atoms with E-state index in [0.717, 1.165) is 12.8 Å². The molecule has 0 spiro atoms. The number of unbranched alkanes of at least 4 members (excludes halogenated alkanes) is 1. The highest BCUT2D eigenvalue weighted by Crippen LogP contribution is 2.21. The van der Waals surface area contributed by atoms with Crippen molar-refractivity contribution in [2.45, 2.75) is 52.2 Å². The second kappa shape index (κ2) is 9.39. The topological polar surface area (TPSA) is 79.0 Å². The molecule has 1 N–H and O–H groups in total. The summed E-state index contributed by atoms with van der Waals surface area (Å²) in [6.45, 7) is 8.36. The third kappa shape index (κ3) is 5.35. The van der Waals surface area contributed by atoms with Crippen LogP contribution >= 0.6 is 0 Å². The minimum atomic E-state index is -0.322. The van der Waals surface area contributed by atoms with Gasteiger partial charge in [-0.2, -0.15) is 0 Å². The van der Waals surface area contributed by atoms with Crippen molar-refractivity contribution in [1.82, 2.24) is 9.80 Å². The van der Waals surface area contributed by atoms with Gasteiger partial charge in [-0.3, -0.25) is 14.4 Å². The molecule has 7 nitrogen and oxygen atoms in total. The van der Waals surface area contributed by atoms with Crippen molar-refractivity contribution in [3.8, 4) is 0 Å². The van der Waals surface area contributed by atoms with Crippen LogP contribution in [0.2, 0.25) is 0 Å². The van der Waals surface area contributed by atoms with Gasteiger partial charge in [0, 0.05) is 43.9 Å². The van der Waals surface area contributed by atoms with Crippen molar-refractivity contribution in [3.05, 3.63) is 29.8 Å². The summed E-state index contributed by atoms with van der Waals surface area (Å²) in [6.07, 6.45) is 2.28. The Balaban J connectivity index is 1.56. The molecule has 3 amide bonds. The fourth-order valence-corrected chi connectivity index (χ4v) is 3.98. The summed E-state index contributed by atoms with van der Waals surface area (Å²) in [4.78, 5) is 40.9. The first-order chi connectivity index (χ1) is 13.9. The lowest BCUT2D eigenvalue weighted by molar-refractivity contribution is -0.128. The zero-order chi connectivity index (χ0) is 21.0. The van der Waals surface area contributed by atoms with Crippen LogP contribution in [0, 0.1) is 5.92 Å². The molecule has 1 aromatic rings. The van der Waals surface area contributed by atoms with Crippen LogP contribution in [-0.4, -0.2) is 65.9 Å². The SMILES string of the molecule is CCCCN1C[C@H](C(=O)Nc2ccc(C(=O)N3C[C@H](C)O[C@@H](C)C3)cc2)CC1=O. The van der Waals surface area contributed by atoms with E-state index < -0.39 is 0 Å². The predicted molar refractivity (Wildman–Crippen MR) is 111 cm³/mol. The molecular formula is C22H31N3O4. The maximum atomic E-state index is 12.7. The Morgan fingerprint density at radius 1 is 1.10 bits per heavy atom. The molecule has 1 aromatic carbocycles. The fourth-order valence-electron chi connectivity index (χ4n) is 3.98. The molecule has 29 heavy (non-hydrogen) atoms. The van der Waals surface area contributed by atoms with E-state index in [9.17, 15) is 14.4 Å². The minimum Gasteiger partial charge on any atom is -0.372 e. The molecule has 0 unspecified atom stereocenters. The van der Waals surface area contributed by atoms with E-state index in [1.165, 1.54) is 0 Å². The van der Waals surface area contributed by atoms with E-state index in [4.69, 9.17) is 4.74 Å². The molecule has 3 rings (SSSR count). The summed E-state index contributed by atoms with van der Waals surface area (Å²) in [5.41, 5.74) is 1.22. The maximum absolute atomic E-state index is 12.7. The van der Waals surface area contributed by atoms with Crippen molar-refractivity contribution in [3.63, 3.8) is 0 Å². The number of hydrogen-bond donors (Lipinski definition) is 1. The lowest BCUT2D eigenvalue weighted by Gasteiger charge is -2.35. The van der Waals surface area contributed by atoms with E-state index in [-0.39, 0.29) is 42.3 Å². The first-order valence-corrected chi connectivity index (χ1v) is 10.5. The van der Waals surface area contributed by atoms with Gasteiger partial charge in [0.15, 0.2) is 0 Å². The Labute approximate surface area is 172 Å². The molecule has 158 valence electrons. The number of carbonyl (C=O) groups excluding carboxylic acids is 3. The Hall–Kier alpha value is -2.41. The second-order valence-electron chi connectivity index (χ2n) is 8.13. The number of nitrogens with zero attached hydrogens (tertiary/aromatic N) is 2. The number of carbonyl (C=O) groups is 3. The largest absolute Gasteiger partial charge is 0.372 e. The molecule has 2 aliphatic rings. The third-order valence-corrected chi connectivity index (χ3v) is 5.47. The maximum Gasteiger partial charge on any atom is 0.254 e. The summed E-state index contributed by atoms with van der Waals surface area (Å²) in [7, 11) is 0. The molecule has 2 saturated heterocycles. The molecule has 2 heterocycles. The monoisotopic (exact) mass is 401 g/mol. The second-order valence-corrected chi connectivity index (χ2v) is 8.13. The van der Waals surface area contributed by atoms with Crippen LogP contribution in [0.5, 0.6) is 0 Å². The summed E-state index contributed by atoms with van der Waals surface area (Å²) >= 11 is 0. The van der Waals surface area contributed by atoms with E-state index >= 15 is 0 Å². The number of ether oxygens (including phenoxy) is 1. The van der Waals surface area contributed by atoms with Crippen LogP contribution in [-0.2, 0) is 14.3 Å². The lowest BCUT2D eigenvalue weighted by atomic mass is 10.1. The number of anilines is 1. The predicted octanol–water partition coefficient (Wildman–Crippen LogP) is 2.52. The highest BCUT2D eigenvalue weighted by Gasteiger charge is 2.34. The van der Waals surface area contributed by atoms with Crippen molar-refractivity contribution in [2.75, 3.05) is 31.5 Å². The van der Waals surface area contributed by atoms with Crippen molar-refractivity contribution >= 4 is 23.4 Å². The normalized spacial score (nSPS) is 24.7. The third-order valence-electron chi connectivity index (χ3n) is 5.47. The molecule has 0 aromatic heterocycles. The van der Waals surface area contributed by atoms with Gasteiger partial charge in [0.2, 0.25) is 11.8 Å². The summed E-state index contributed by atoms with van der Waals surface area (Å²) < 4.78 is 5.68. The highest BCUT2D eigenvalue weighted by molar-refractivity contribution is 5.98. The molecule has 3 atom stereocenters. The number of nitrogens with one attached hydrogen (secondary N) is 1. The van der Waals surface area contributed by atoms with Gasteiger partial charge in [-0.1, -0.05) is 13.3 Å². The van der Waals surface area contributed by atoms with Crippen LogP contribution < -0.4 is 5.32 Å².